The predicted molar refractivity (Wildman–Crippen MR) is 119 cm³/mol. The Morgan fingerprint density at radius 2 is 1.36 bits per heavy atom. The van der Waals surface area contributed by atoms with Crippen molar-refractivity contribution in [2.45, 2.75) is 123 Å². The average molecular weight is 389 g/mol. The fourth-order valence-electron chi connectivity index (χ4n) is 6.33. The van der Waals surface area contributed by atoms with Crippen LogP contribution in [-0.2, 0) is 0 Å². The highest BCUT2D eigenvalue weighted by Gasteiger charge is 2.31. The second-order valence-corrected chi connectivity index (χ2v) is 10.4. The molecule has 0 aromatic heterocycles. The molecule has 3 aliphatic carbocycles. The van der Waals surface area contributed by atoms with Gasteiger partial charge in [-0.25, -0.2) is 4.39 Å². The summed E-state index contributed by atoms with van der Waals surface area (Å²) in [5.41, 5.74) is 0. The Morgan fingerprint density at radius 3 is 1.96 bits per heavy atom. The lowest BCUT2D eigenvalue weighted by atomic mass is 9.69. The SMILES string of the molecule is CCCCCC1CCC(C#CC2CCC([C@H]3CC[C@H](CC)CC3)CC2)C(F)C1. The first-order chi connectivity index (χ1) is 13.7. The molecule has 3 aliphatic rings. The summed E-state index contributed by atoms with van der Waals surface area (Å²) in [5.74, 6) is 11.1. The largest absolute Gasteiger partial charge is 0.246 e. The van der Waals surface area contributed by atoms with E-state index >= 15 is 0 Å². The Hall–Kier alpha value is -0.510. The first-order valence-corrected chi connectivity index (χ1v) is 12.8. The van der Waals surface area contributed by atoms with Gasteiger partial charge < -0.3 is 0 Å². The minimum absolute atomic E-state index is 0.0319. The van der Waals surface area contributed by atoms with Gasteiger partial charge in [-0.2, -0.15) is 0 Å². The van der Waals surface area contributed by atoms with Crippen molar-refractivity contribution >= 4 is 0 Å². The molecule has 0 radical (unpaired) electrons. The van der Waals surface area contributed by atoms with Crippen molar-refractivity contribution in [3.8, 4) is 11.8 Å². The second-order valence-electron chi connectivity index (χ2n) is 10.4. The van der Waals surface area contributed by atoms with E-state index in [0.29, 0.717) is 11.8 Å². The van der Waals surface area contributed by atoms with Crippen molar-refractivity contribution in [3.63, 3.8) is 0 Å². The Morgan fingerprint density at radius 1 is 0.714 bits per heavy atom. The van der Waals surface area contributed by atoms with Crippen molar-refractivity contribution in [1.82, 2.24) is 0 Å². The highest BCUT2D eigenvalue weighted by molar-refractivity contribution is 5.11. The van der Waals surface area contributed by atoms with E-state index in [1.807, 2.05) is 0 Å². The molecule has 3 saturated carbocycles. The summed E-state index contributed by atoms with van der Waals surface area (Å²) in [7, 11) is 0. The van der Waals surface area contributed by atoms with Gasteiger partial charge in [-0.15, -0.1) is 0 Å². The molecule has 3 atom stereocenters. The molecule has 0 nitrogen and oxygen atoms in total. The number of halogens is 1. The maximum Gasteiger partial charge on any atom is 0.114 e. The van der Waals surface area contributed by atoms with Gasteiger partial charge in [-0.3, -0.25) is 0 Å². The minimum atomic E-state index is -0.669. The lowest BCUT2D eigenvalue weighted by molar-refractivity contribution is 0.150. The minimum Gasteiger partial charge on any atom is -0.246 e. The van der Waals surface area contributed by atoms with Gasteiger partial charge in [0.05, 0.1) is 5.92 Å². The number of hydrogen-bond donors (Lipinski definition) is 0. The Kier molecular flexibility index (Phi) is 9.20. The molecule has 28 heavy (non-hydrogen) atoms. The topological polar surface area (TPSA) is 0 Å². The maximum atomic E-state index is 14.6. The predicted octanol–water partition coefficient (Wildman–Crippen LogP) is 8.35. The molecule has 0 bridgehead atoms. The van der Waals surface area contributed by atoms with Crippen LogP contribution in [0.2, 0.25) is 0 Å². The van der Waals surface area contributed by atoms with Crippen LogP contribution in [0.25, 0.3) is 0 Å². The van der Waals surface area contributed by atoms with Crippen LogP contribution in [0.3, 0.4) is 0 Å². The van der Waals surface area contributed by atoms with Crippen molar-refractivity contribution in [2.75, 3.05) is 0 Å². The third-order valence-corrected chi connectivity index (χ3v) is 8.48. The summed E-state index contributed by atoms with van der Waals surface area (Å²) in [5, 5.41) is 0. The first-order valence-electron chi connectivity index (χ1n) is 12.8. The van der Waals surface area contributed by atoms with Gasteiger partial charge in [0.15, 0.2) is 0 Å². The molecule has 3 rings (SSSR count). The molecule has 0 aromatic carbocycles. The van der Waals surface area contributed by atoms with E-state index in [1.54, 1.807) is 0 Å². The van der Waals surface area contributed by atoms with Crippen molar-refractivity contribution < 1.29 is 4.39 Å². The Bertz CT molecular complexity index is 484. The van der Waals surface area contributed by atoms with Crippen LogP contribution in [0.1, 0.15) is 117 Å². The van der Waals surface area contributed by atoms with E-state index in [0.717, 1.165) is 30.6 Å². The van der Waals surface area contributed by atoms with Crippen LogP contribution < -0.4 is 0 Å². The molecule has 0 amide bonds. The highest BCUT2D eigenvalue weighted by Crippen LogP contribution is 2.42. The molecular formula is C27H45F. The summed E-state index contributed by atoms with van der Waals surface area (Å²) in [6.45, 7) is 4.60. The monoisotopic (exact) mass is 388 g/mol. The van der Waals surface area contributed by atoms with Crippen LogP contribution in [0.4, 0.5) is 4.39 Å². The number of hydrogen-bond acceptors (Lipinski definition) is 0. The van der Waals surface area contributed by atoms with Crippen LogP contribution in [0, 0.1) is 47.3 Å². The smallest absolute Gasteiger partial charge is 0.114 e. The molecule has 0 aromatic rings. The highest BCUT2D eigenvalue weighted by atomic mass is 19.1. The van der Waals surface area contributed by atoms with Gasteiger partial charge in [0.2, 0.25) is 0 Å². The van der Waals surface area contributed by atoms with E-state index in [4.69, 9.17) is 0 Å². The second kappa shape index (κ2) is 11.6. The van der Waals surface area contributed by atoms with Gasteiger partial charge >= 0.3 is 0 Å². The van der Waals surface area contributed by atoms with Crippen LogP contribution in [-0.4, -0.2) is 6.17 Å². The standard InChI is InChI=1S/C27H45F/c1-3-5-6-7-23-13-19-26(27(28)20-23)18-12-22-10-16-25(17-11-22)24-14-8-21(4-2)9-15-24/h21-27H,3-11,13-17,19-20H2,1-2H3/t21-,22?,23?,24-,25?,26?,27?. The Labute approximate surface area is 174 Å². The van der Waals surface area contributed by atoms with E-state index in [9.17, 15) is 4.39 Å². The summed E-state index contributed by atoms with van der Waals surface area (Å²) in [6, 6.07) is 0. The zero-order valence-corrected chi connectivity index (χ0v) is 18.7. The molecule has 0 spiro atoms. The van der Waals surface area contributed by atoms with E-state index < -0.39 is 6.17 Å². The lowest BCUT2D eigenvalue weighted by Crippen LogP contribution is -2.26. The number of unbranched alkanes of at least 4 members (excludes halogenated alkanes) is 2. The van der Waals surface area contributed by atoms with E-state index in [2.05, 4.69) is 25.7 Å². The molecule has 0 N–H and O–H groups in total. The molecule has 1 heteroatoms. The van der Waals surface area contributed by atoms with Gasteiger partial charge in [0.25, 0.3) is 0 Å². The average Bonchev–Trinajstić information content (AvgIpc) is 2.74. The van der Waals surface area contributed by atoms with Crippen LogP contribution in [0.5, 0.6) is 0 Å². The molecule has 3 fully saturated rings. The summed E-state index contributed by atoms with van der Waals surface area (Å²) in [4.78, 5) is 0. The summed E-state index contributed by atoms with van der Waals surface area (Å²) < 4.78 is 14.6. The number of rotatable bonds is 6. The zero-order valence-electron chi connectivity index (χ0n) is 18.7. The van der Waals surface area contributed by atoms with Crippen molar-refractivity contribution in [2.24, 2.45) is 35.5 Å². The molecule has 0 saturated heterocycles. The fourth-order valence-corrected chi connectivity index (χ4v) is 6.33. The maximum absolute atomic E-state index is 14.6. The van der Waals surface area contributed by atoms with Crippen LogP contribution >= 0.6 is 0 Å². The van der Waals surface area contributed by atoms with E-state index in [-0.39, 0.29) is 5.92 Å². The lowest BCUT2D eigenvalue weighted by Gasteiger charge is -2.37. The van der Waals surface area contributed by atoms with Crippen molar-refractivity contribution in [1.29, 1.82) is 0 Å². The van der Waals surface area contributed by atoms with Crippen LogP contribution in [0.15, 0.2) is 0 Å². The molecular weight excluding hydrogens is 343 g/mol. The normalized spacial score (nSPS) is 39.2. The molecule has 3 unspecified atom stereocenters. The summed E-state index contributed by atoms with van der Waals surface area (Å²) in [6.07, 6.45) is 20.0. The molecule has 160 valence electrons. The molecule has 0 aliphatic heterocycles. The zero-order chi connectivity index (χ0) is 19.8. The third-order valence-electron chi connectivity index (χ3n) is 8.48. The van der Waals surface area contributed by atoms with E-state index in [1.165, 1.54) is 89.9 Å². The fraction of sp³-hybridized carbons (Fsp3) is 0.926. The van der Waals surface area contributed by atoms with Gasteiger partial charge in [-0.1, -0.05) is 70.6 Å². The summed E-state index contributed by atoms with van der Waals surface area (Å²) >= 11 is 0. The van der Waals surface area contributed by atoms with Gasteiger partial charge in [0, 0.05) is 5.92 Å². The van der Waals surface area contributed by atoms with Gasteiger partial charge in [-0.05, 0) is 81.5 Å². The first kappa shape index (κ1) is 22.2. The molecule has 0 heterocycles. The van der Waals surface area contributed by atoms with Crippen molar-refractivity contribution in [3.05, 3.63) is 0 Å². The Balaban J connectivity index is 1.37. The van der Waals surface area contributed by atoms with Gasteiger partial charge in [0.1, 0.15) is 6.17 Å². The quantitative estimate of drug-likeness (QED) is 0.317. The number of alkyl halides is 1. The third kappa shape index (κ3) is 6.50.